The van der Waals surface area contributed by atoms with E-state index in [2.05, 4.69) is 20.7 Å². The molecule has 0 aliphatic carbocycles. The van der Waals surface area contributed by atoms with Crippen LogP contribution >= 0.6 is 15.9 Å². The molecular weight excluding hydrogens is 237 g/mol. The number of ether oxygens (including phenoxy) is 1. The molecule has 0 heterocycles. The van der Waals surface area contributed by atoms with Crippen LogP contribution in [0.15, 0.2) is 10.5 Å². The number of methoxy groups -OCH3 is 1. The first-order valence-electron chi connectivity index (χ1n) is 4.24. The Bertz CT molecular complexity index is 394. The Hall–Kier alpha value is -0.710. The monoisotopic (exact) mass is 243 g/mol. The van der Waals surface area contributed by atoms with Crippen molar-refractivity contribution in [3.05, 3.63) is 28.0 Å². The van der Waals surface area contributed by atoms with E-state index in [0.717, 1.165) is 0 Å². The molecule has 0 aromatic heterocycles. The summed E-state index contributed by atoms with van der Waals surface area (Å²) in [7, 11) is -2.93. The molecule has 0 N–H and O–H groups in total. The molecule has 0 aliphatic rings. The van der Waals surface area contributed by atoms with Crippen molar-refractivity contribution in [1.82, 2.24) is 0 Å². The lowest BCUT2D eigenvalue weighted by Crippen LogP contribution is -1.96. The number of hydrogen-bond acceptors (Lipinski definition) is 1. The lowest BCUT2D eigenvalue weighted by Gasteiger charge is -2.04. The van der Waals surface area contributed by atoms with Gasteiger partial charge < -0.3 is 4.74 Å². The van der Waals surface area contributed by atoms with Gasteiger partial charge in [0.25, 0.3) is 0 Å². The summed E-state index contributed by atoms with van der Waals surface area (Å²) in [5, 5.41) is 0. The highest BCUT2D eigenvalue weighted by Crippen LogP contribution is 2.28. The second-order valence-corrected chi connectivity index (χ2v) is 2.75. The largest absolute Gasteiger partial charge is 0.494 e. The van der Waals surface area contributed by atoms with E-state index in [1.54, 1.807) is 0 Å². The Morgan fingerprint density at radius 3 is 2.58 bits per heavy atom. The van der Waals surface area contributed by atoms with Crippen molar-refractivity contribution < 1.29 is 22.0 Å². The van der Waals surface area contributed by atoms with Crippen LogP contribution in [-0.4, -0.2) is 7.04 Å². The van der Waals surface area contributed by atoms with E-state index < -0.39 is 34.7 Å². The van der Waals surface area contributed by atoms with Gasteiger partial charge in [0.15, 0.2) is 17.4 Å². The van der Waals surface area contributed by atoms with Crippen molar-refractivity contribution >= 4 is 15.9 Å². The molecule has 0 aliphatic heterocycles. The maximum absolute atomic E-state index is 13.0. The quantitative estimate of drug-likeness (QED) is 0.545. The fourth-order valence-corrected chi connectivity index (χ4v) is 1.01. The van der Waals surface area contributed by atoms with Crippen LogP contribution in [0.25, 0.3) is 0 Å². The van der Waals surface area contributed by atoms with Gasteiger partial charge in [0.05, 0.1) is 15.6 Å². The Balaban J connectivity index is 3.21. The highest BCUT2D eigenvalue weighted by Gasteiger charge is 2.17. The Morgan fingerprint density at radius 1 is 1.33 bits per heavy atom. The molecule has 1 rings (SSSR count). The molecule has 1 aromatic carbocycles. The SMILES string of the molecule is [2H]C([2H])([2H])Oc1cc(Br)c(F)c(F)c1F. The van der Waals surface area contributed by atoms with Crippen molar-refractivity contribution in [3.63, 3.8) is 0 Å². The van der Waals surface area contributed by atoms with Gasteiger partial charge in [-0.25, -0.2) is 8.78 Å². The number of rotatable bonds is 1. The molecule has 0 bridgehead atoms. The molecule has 0 spiro atoms. The molecule has 0 saturated carbocycles. The highest BCUT2D eigenvalue weighted by atomic mass is 79.9. The lowest BCUT2D eigenvalue weighted by molar-refractivity contribution is 0.359. The molecule has 1 nitrogen and oxygen atoms in total. The average molecular weight is 244 g/mol. The minimum absolute atomic E-state index is 0.416. The number of halogens is 4. The molecule has 0 saturated heterocycles. The molecule has 0 atom stereocenters. The summed E-state index contributed by atoms with van der Waals surface area (Å²) in [4.78, 5) is 0. The topological polar surface area (TPSA) is 9.23 Å². The smallest absolute Gasteiger partial charge is 0.203 e. The third-order valence-electron chi connectivity index (χ3n) is 1.18. The summed E-state index contributed by atoms with van der Waals surface area (Å²) in [5.74, 6) is -5.78. The van der Waals surface area contributed by atoms with Gasteiger partial charge in [-0.3, -0.25) is 0 Å². The standard InChI is InChI=1S/C7H4BrF3O/c1-12-4-2-3(8)5(9)7(11)6(4)10/h2H,1H3/i1D3. The van der Waals surface area contributed by atoms with Gasteiger partial charge in [0.1, 0.15) is 0 Å². The minimum atomic E-state index is -2.93. The third kappa shape index (κ3) is 1.41. The molecule has 1 aromatic rings. The third-order valence-corrected chi connectivity index (χ3v) is 1.76. The van der Waals surface area contributed by atoms with Crippen LogP contribution in [0.4, 0.5) is 13.2 Å². The predicted octanol–water partition coefficient (Wildman–Crippen LogP) is 2.88. The first kappa shape index (κ1) is 5.85. The maximum Gasteiger partial charge on any atom is 0.203 e. The molecule has 12 heavy (non-hydrogen) atoms. The van der Waals surface area contributed by atoms with E-state index in [0.29, 0.717) is 6.07 Å². The zero-order valence-corrected chi connectivity index (χ0v) is 7.08. The summed E-state index contributed by atoms with van der Waals surface area (Å²) in [6.07, 6.45) is 0. The van der Waals surface area contributed by atoms with E-state index in [9.17, 15) is 13.2 Å². The second kappa shape index (κ2) is 3.35. The van der Waals surface area contributed by atoms with Crippen molar-refractivity contribution in [2.24, 2.45) is 0 Å². The second-order valence-electron chi connectivity index (χ2n) is 1.90. The molecule has 66 valence electrons. The van der Waals surface area contributed by atoms with Gasteiger partial charge in [-0.2, -0.15) is 4.39 Å². The van der Waals surface area contributed by atoms with Crippen LogP contribution in [0.1, 0.15) is 4.11 Å². The zero-order chi connectivity index (χ0) is 11.8. The first-order chi connectivity index (χ1) is 6.72. The fourth-order valence-electron chi connectivity index (χ4n) is 0.625. The normalized spacial score (nSPS) is 14.8. The fraction of sp³-hybridized carbons (Fsp3) is 0.143. The van der Waals surface area contributed by atoms with E-state index >= 15 is 0 Å². The van der Waals surface area contributed by atoms with Crippen molar-refractivity contribution in [1.29, 1.82) is 0 Å². The van der Waals surface area contributed by atoms with Gasteiger partial charge >= 0.3 is 0 Å². The van der Waals surface area contributed by atoms with Crippen molar-refractivity contribution in [3.8, 4) is 5.75 Å². The van der Waals surface area contributed by atoms with Gasteiger partial charge in [-0.1, -0.05) is 0 Å². The summed E-state index contributed by atoms with van der Waals surface area (Å²) in [5.41, 5.74) is 0. The molecule has 0 unspecified atom stereocenters. The number of hydrogen-bond donors (Lipinski definition) is 0. The van der Waals surface area contributed by atoms with Crippen molar-refractivity contribution in [2.45, 2.75) is 0 Å². The maximum atomic E-state index is 13.0. The Labute approximate surface area is 79.5 Å². The average Bonchev–Trinajstić information content (AvgIpc) is 2.08. The van der Waals surface area contributed by atoms with E-state index in [1.807, 2.05) is 0 Å². The number of benzene rings is 1. The van der Waals surface area contributed by atoms with Crippen LogP contribution in [0.3, 0.4) is 0 Å². The highest BCUT2D eigenvalue weighted by molar-refractivity contribution is 9.10. The first-order valence-corrected chi connectivity index (χ1v) is 3.53. The predicted molar refractivity (Wildman–Crippen MR) is 40.6 cm³/mol. The summed E-state index contributed by atoms with van der Waals surface area (Å²) in [6, 6.07) is 0.708. The minimum Gasteiger partial charge on any atom is -0.494 e. The molecule has 0 fully saturated rings. The van der Waals surface area contributed by atoms with E-state index in [-0.39, 0.29) is 0 Å². The lowest BCUT2D eigenvalue weighted by atomic mass is 10.3. The Morgan fingerprint density at radius 2 is 2.00 bits per heavy atom. The van der Waals surface area contributed by atoms with Crippen molar-refractivity contribution in [2.75, 3.05) is 7.04 Å². The van der Waals surface area contributed by atoms with Gasteiger partial charge in [0.2, 0.25) is 5.82 Å². The van der Waals surface area contributed by atoms with Crippen LogP contribution < -0.4 is 4.74 Å². The van der Waals surface area contributed by atoms with Gasteiger partial charge in [0, 0.05) is 6.07 Å². The summed E-state index contributed by atoms with van der Waals surface area (Å²) < 4.78 is 62.2. The zero-order valence-electron chi connectivity index (χ0n) is 8.50. The van der Waals surface area contributed by atoms with Crippen LogP contribution in [0, 0.1) is 17.5 Å². The molecular formula is C7H4BrF3O. The molecule has 5 heteroatoms. The molecule has 0 amide bonds. The van der Waals surface area contributed by atoms with Crippen LogP contribution in [-0.2, 0) is 0 Å². The Kier molecular flexibility index (Phi) is 1.63. The van der Waals surface area contributed by atoms with Crippen LogP contribution in [0.5, 0.6) is 5.75 Å². The van der Waals surface area contributed by atoms with Gasteiger partial charge in [-0.05, 0) is 15.9 Å². The van der Waals surface area contributed by atoms with Gasteiger partial charge in [-0.15, -0.1) is 0 Å². The van der Waals surface area contributed by atoms with Crippen LogP contribution in [0.2, 0.25) is 0 Å². The molecule has 0 radical (unpaired) electrons. The van der Waals surface area contributed by atoms with E-state index in [4.69, 9.17) is 4.11 Å². The summed E-state index contributed by atoms with van der Waals surface area (Å²) in [6.45, 7) is 0. The van der Waals surface area contributed by atoms with E-state index in [1.165, 1.54) is 0 Å². The summed E-state index contributed by atoms with van der Waals surface area (Å²) >= 11 is 2.59.